The van der Waals surface area contributed by atoms with Gasteiger partial charge in [0.2, 0.25) is 5.91 Å². The molecule has 1 atom stereocenters. The van der Waals surface area contributed by atoms with Crippen LogP contribution in [0.5, 0.6) is 11.5 Å². The normalized spacial score (nSPS) is 18.7. The van der Waals surface area contributed by atoms with Crippen LogP contribution in [0.1, 0.15) is 35.8 Å². The van der Waals surface area contributed by atoms with E-state index < -0.39 is 0 Å². The topological polar surface area (TPSA) is 43.7 Å². The molecule has 0 bridgehead atoms. The average Bonchev–Trinajstić information content (AvgIpc) is 3.45. The summed E-state index contributed by atoms with van der Waals surface area (Å²) in [6.07, 6.45) is 5.92. The highest BCUT2D eigenvalue weighted by molar-refractivity contribution is 5.91. The number of likely N-dealkylation sites (N-methyl/N-ethyl adjacent to an activating group) is 1. The molecule has 0 radical (unpaired) electrons. The van der Waals surface area contributed by atoms with Gasteiger partial charge in [0, 0.05) is 30.6 Å². The smallest absolute Gasteiger partial charge is 0.246 e. The zero-order valence-corrected chi connectivity index (χ0v) is 16.1. The van der Waals surface area contributed by atoms with Crippen LogP contribution in [-0.4, -0.2) is 41.7 Å². The molecule has 1 aromatic carbocycles. The highest BCUT2D eigenvalue weighted by Crippen LogP contribution is 2.38. The summed E-state index contributed by atoms with van der Waals surface area (Å²) in [7, 11) is 1.80. The summed E-state index contributed by atoms with van der Waals surface area (Å²) in [5.74, 6) is 1.46. The lowest BCUT2D eigenvalue weighted by Gasteiger charge is -2.29. The van der Waals surface area contributed by atoms with Crippen molar-refractivity contribution in [2.75, 3.05) is 20.2 Å². The second kappa shape index (κ2) is 7.14. The molecule has 142 valence electrons. The second-order valence-corrected chi connectivity index (χ2v) is 7.48. The van der Waals surface area contributed by atoms with Crippen molar-refractivity contribution in [3.63, 3.8) is 0 Å². The van der Waals surface area contributed by atoms with Gasteiger partial charge in [0.05, 0.1) is 6.54 Å². The fraction of sp³-hybridized carbons (Fsp3) is 0.409. The first kappa shape index (κ1) is 17.7. The lowest BCUT2D eigenvalue weighted by Crippen LogP contribution is -2.41. The Hall–Kier alpha value is -2.69. The van der Waals surface area contributed by atoms with Crippen LogP contribution in [-0.2, 0) is 4.79 Å². The maximum Gasteiger partial charge on any atom is 0.246 e. The number of aryl methyl sites for hydroxylation is 1. The molecule has 4 rings (SSSR count). The standard InChI is InChI=1S/C22H26N2O3/c1-15-12-17(16(2)24(15)18-9-10-18)8-11-22(25)23(3)13-19-14-26-20-6-4-5-7-21(20)27-19/h4-8,11-12,18-19H,9-10,13-14H2,1-3H3. The molecule has 5 nitrogen and oxygen atoms in total. The number of hydrogen-bond donors (Lipinski definition) is 0. The van der Waals surface area contributed by atoms with Crippen molar-refractivity contribution in [3.05, 3.63) is 53.4 Å². The molecule has 1 unspecified atom stereocenters. The third kappa shape index (κ3) is 3.72. The van der Waals surface area contributed by atoms with Gasteiger partial charge in [0.15, 0.2) is 17.6 Å². The quantitative estimate of drug-likeness (QED) is 0.757. The molecular formula is C22H26N2O3. The van der Waals surface area contributed by atoms with E-state index >= 15 is 0 Å². The van der Waals surface area contributed by atoms with Gasteiger partial charge in [-0.05, 0) is 56.5 Å². The van der Waals surface area contributed by atoms with E-state index in [9.17, 15) is 4.79 Å². The van der Waals surface area contributed by atoms with Gasteiger partial charge in [0.25, 0.3) is 0 Å². The first-order chi connectivity index (χ1) is 13.0. The SMILES string of the molecule is Cc1cc(C=CC(=O)N(C)CC2COc3ccccc3O2)c(C)n1C1CC1. The van der Waals surface area contributed by atoms with Gasteiger partial charge >= 0.3 is 0 Å². The van der Waals surface area contributed by atoms with Crippen LogP contribution in [0, 0.1) is 13.8 Å². The van der Waals surface area contributed by atoms with E-state index in [4.69, 9.17) is 9.47 Å². The van der Waals surface area contributed by atoms with Crippen LogP contribution in [0.25, 0.3) is 6.08 Å². The molecule has 1 fully saturated rings. The first-order valence-electron chi connectivity index (χ1n) is 9.53. The Morgan fingerprint density at radius 2 is 2.00 bits per heavy atom. The van der Waals surface area contributed by atoms with Gasteiger partial charge in [-0.3, -0.25) is 4.79 Å². The maximum atomic E-state index is 12.5. The molecule has 1 aromatic heterocycles. The number of nitrogens with zero attached hydrogens (tertiary/aromatic N) is 2. The molecule has 5 heteroatoms. The number of aromatic nitrogens is 1. The van der Waals surface area contributed by atoms with Crippen LogP contribution in [0.2, 0.25) is 0 Å². The molecule has 2 aromatic rings. The van der Waals surface area contributed by atoms with E-state index in [0.717, 1.165) is 17.1 Å². The van der Waals surface area contributed by atoms with Crippen LogP contribution >= 0.6 is 0 Å². The van der Waals surface area contributed by atoms with Crippen LogP contribution < -0.4 is 9.47 Å². The minimum Gasteiger partial charge on any atom is -0.486 e. The number of carbonyl (C=O) groups is 1. The lowest BCUT2D eigenvalue weighted by atomic mass is 10.2. The van der Waals surface area contributed by atoms with E-state index in [2.05, 4.69) is 24.5 Å². The van der Waals surface area contributed by atoms with Crippen molar-refractivity contribution in [3.8, 4) is 11.5 Å². The zero-order chi connectivity index (χ0) is 19.0. The molecular weight excluding hydrogens is 340 g/mol. The molecule has 0 N–H and O–H groups in total. The van der Waals surface area contributed by atoms with E-state index in [1.54, 1.807) is 18.0 Å². The average molecular weight is 366 g/mol. The van der Waals surface area contributed by atoms with Gasteiger partial charge in [0.1, 0.15) is 6.61 Å². The number of rotatable bonds is 5. The van der Waals surface area contributed by atoms with Crippen molar-refractivity contribution in [2.24, 2.45) is 0 Å². The Balaban J connectivity index is 1.37. The lowest BCUT2D eigenvalue weighted by molar-refractivity contribution is -0.126. The Morgan fingerprint density at radius 1 is 1.26 bits per heavy atom. The summed E-state index contributed by atoms with van der Waals surface area (Å²) in [5, 5.41) is 0. The third-order valence-electron chi connectivity index (χ3n) is 5.26. The van der Waals surface area contributed by atoms with Crippen molar-refractivity contribution in [2.45, 2.75) is 38.8 Å². The molecule has 1 saturated carbocycles. The number of para-hydroxylation sites is 2. The summed E-state index contributed by atoms with van der Waals surface area (Å²) >= 11 is 0. The van der Waals surface area contributed by atoms with Gasteiger partial charge in [-0.15, -0.1) is 0 Å². The largest absolute Gasteiger partial charge is 0.486 e. The van der Waals surface area contributed by atoms with Crippen LogP contribution in [0.15, 0.2) is 36.4 Å². The maximum absolute atomic E-state index is 12.5. The predicted octanol–water partition coefficient (Wildman–Crippen LogP) is 3.75. The summed E-state index contributed by atoms with van der Waals surface area (Å²) in [5.41, 5.74) is 3.62. The highest BCUT2D eigenvalue weighted by atomic mass is 16.6. The van der Waals surface area contributed by atoms with Crippen molar-refractivity contribution >= 4 is 12.0 Å². The summed E-state index contributed by atoms with van der Waals surface area (Å²) in [4.78, 5) is 14.2. The van der Waals surface area contributed by atoms with Gasteiger partial charge < -0.3 is 18.9 Å². The Morgan fingerprint density at radius 3 is 2.74 bits per heavy atom. The van der Waals surface area contributed by atoms with E-state index in [1.807, 2.05) is 30.3 Å². The molecule has 1 aliphatic heterocycles. The first-order valence-corrected chi connectivity index (χ1v) is 9.53. The molecule has 1 amide bonds. The summed E-state index contributed by atoms with van der Waals surface area (Å²) < 4.78 is 14.1. The third-order valence-corrected chi connectivity index (χ3v) is 5.26. The summed E-state index contributed by atoms with van der Waals surface area (Å²) in [6, 6.07) is 10.4. The van der Waals surface area contributed by atoms with Gasteiger partial charge in [-0.2, -0.15) is 0 Å². The van der Waals surface area contributed by atoms with Crippen LogP contribution in [0.4, 0.5) is 0 Å². The molecule has 0 spiro atoms. The second-order valence-electron chi connectivity index (χ2n) is 7.48. The number of hydrogen-bond acceptors (Lipinski definition) is 3. The van der Waals surface area contributed by atoms with E-state index in [-0.39, 0.29) is 12.0 Å². The molecule has 27 heavy (non-hydrogen) atoms. The van der Waals surface area contributed by atoms with Gasteiger partial charge in [-0.1, -0.05) is 12.1 Å². The molecule has 2 heterocycles. The van der Waals surface area contributed by atoms with Gasteiger partial charge in [-0.25, -0.2) is 0 Å². The summed E-state index contributed by atoms with van der Waals surface area (Å²) in [6.45, 7) is 5.19. The van der Waals surface area contributed by atoms with E-state index in [0.29, 0.717) is 19.2 Å². The minimum absolute atomic E-state index is 0.0336. The Bertz CT molecular complexity index is 880. The monoisotopic (exact) mass is 366 g/mol. The number of carbonyl (C=O) groups excluding carboxylic acids is 1. The number of fused-ring (bicyclic) bond motifs is 1. The molecule has 0 saturated heterocycles. The fourth-order valence-corrected chi connectivity index (χ4v) is 3.70. The minimum atomic E-state index is -0.165. The number of benzene rings is 1. The number of amides is 1. The van der Waals surface area contributed by atoms with E-state index in [1.165, 1.54) is 24.2 Å². The highest BCUT2D eigenvalue weighted by Gasteiger charge is 2.27. The Kier molecular flexibility index (Phi) is 4.68. The molecule has 1 aliphatic carbocycles. The van der Waals surface area contributed by atoms with Crippen molar-refractivity contribution in [1.29, 1.82) is 0 Å². The molecule has 2 aliphatic rings. The van der Waals surface area contributed by atoms with Crippen molar-refractivity contribution < 1.29 is 14.3 Å². The van der Waals surface area contributed by atoms with Crippen LogP contribution in [0.3, 0.4) is 0 Å². The predicted molar refractivity (Wildman–Crippen MR) is 105 cm³/mol. The van der Waals surface area contributed by atoms with Crippen molar-refractivity contribution in [1.82, 2.24) is 9.47 Å². The Labute approximate surface area is 160 Å². The zero-order valence-electron chi connectivity index (χ0n) is 16.1. The fourth-order valence-electron chi connectivity index (χ4n) is 3.70. The number of ether oxygens (including phenoxy) is 2.